The van der Waals surface area contributed by atoms with Gasteiger partial charge in [-0.25, -0.2) is 0 Å². The van der Waals surface area contributed by atoms with Crippen molar-refractivity contribution < 1.29 is 4.74 Å². The van der Waals surface area contributed by atoms with Gasteiger partial charge in [-0.1, -0.05) is 26.0 Å². The summed E-state index contributed by atoms with van der Waals surface area (Å²) in [6, 6.07) is 6.22. The first-order chi connectivity index (χ1) is 10.4. The summed E-state index contributed by atoms with van der Waals surface area (Å²) in [6.07, 6.45) is 0. The third-order valence-electron chi connectivity index (χ3n) is 3.24. The molecule has 22 heavy (non-hydrogen) atoms. The average molecular weight is 301 g/mol. The Hall–Kier alpha value is -2.37. The van der Waals surface area contributed by atoms with Gasteiger partial charge in [-0.05, 0) is 30.0 Å². The number of ether oxygens (including phenoxy) is 1. The molecule has 1 heterocycles. The fourth-order valence-corrected chi connectivity index (χ4v) is 2.08. The normalized spacial score (nSPS) is 10.8. The van der Waals surface area contributed by atoms with E-state index >= 15 is 0 Å². The third-order valence-corrected chi connectivity index (χ3v) is 3.24. The van der Waals surface area contributed by atoms with E-state index in [1.54, 1.807) is 4.90 Å². The number of nitrogen functional groups attached to an aromatic ring is 1. The molecule has 0 aliphatic rings. The summed E-state index contributed by atoms with van der Waals surface area (Å²) >= 11 is 0. The molecule has 2 rings (SSSR count). The molecule has 2 N–H and O–H groups in total. The molecule has 0 radical (unpaired) electrons. The Morgan fingerprint density at radius 2 is 1.91 bits per heavy atom. The van der Waals surface area contributed by atoms with Crippen molar-refractivity contribution in [2.24, 2.45) is 0 Å². The van der Waals surface area contributed by atoms with Crippen molar-refractivity contribution in [3.05, 3.63) is 35.2 Å². The predicted octanol–water partition coefficient (Wildman–Crippen LogP) is 2.53. The molecule has 0 saturated heterocycles. The van der Waals surface area contributed by atoms with Gasteiger partial charge < -0.3 is 15.4 Å². The van der Waals surface area contributed by atoms with Crippen LogP contribution in [0.15, 0.2) is 18.2 Å². The molecule has 0 aliphatic heterocycles. The quantitative estimate of drug-likeness (QED) is 0.914. The zero-order chi connectivity index (χ0) is 16.3. The summed E-state index contributed by atoms with van der Waals surface area (Å²) in [4.78, 5) is 14.3. The van der Waals surface area contributed by atoms with E-state index in [2.05, 4.69) is 40.9 Å². The van der Waals surface area contributed by atoms with Gasteiger partial charge >= 0.3 is 0 Å². The van der Waals surface area contributed by atoms with Crippen LogP contribution in [0.1, 0.15) is 36.7 Å². The van der Waals surface area contributed by atoms with E-state index in [9.17, 15) is 0 Å². The number of hydrogen-bond acceptors (Lipinski definition) is 6. The van der Waals surface area contributed by atoms with Crippen LogP contribution in [0.3, 0.4) is 0 Å². The van der Waals surface area contributed by atoms with Crippen molar-refractivity contribution in [1.29, 1.82) is 0 Å². The van der Waals surface area contributed by atoms with Crippen molar-refractivity contribution in [3.63, 3.8) is 0 Å². The second kappa shape index (κ2) is 6.60. The van der Waals surface area contributed by atoms with Crippen LogP contribution in [0.4, 0.5) is 11.9 Å². The molecule has 0 bridgehead atoms. The number of aromatic nitrogens is 3. The largest absolute Gasteiger partial charge is 0.485 e. The maximum Gasteiger partial charge on any atom is 0.230 e. The van der Waals surface area contributed by atoms with E-state index in [-0.39, 0.29) is 12.6 Å². The highest BCUT2D eigenvalue weighted by Gasteiger charge is 2.11. The van der Waals surface area contributed by atoms with Gasteiger partial charge in [0.25, 0.3) is 0 Å². The monoisotopic (exact) mass is 301 g/mol. The van der Waals surface area contributed by atoms with Gasteiger partial charge in [0.05, 0.1) is 0 Å². The van der Waals surface area contributed by atoms with Gasteiger partial charge in [-0.15, -0.1) is 0 Å². The van der Waals surface area contributed by atoms with Crippen molar-refractivity contribution in [2.75, 3.05) is 24.7 Å². The van der Waals surface area contributed by atoms with Crippen LogP contribution in [-0.2, 0) is 6.61 Å². The first kappa shape index (κ1) is 16.0. The van der Waals surface area contributed by atoms with E-state index in [1.165, 1.54) is 5.56 Å². The fraction of sp³-hybridized carbons (Fsp3) is 0.438. The standard InChI is InChI=1S/C16H23N5O/c1-10(2)12-7-6-11(3)8-13(12)22-9-14-18-15(17)20-16(19-14)21(4)5/h6-8,10H,9H2,1-5H3,(H2,17,18,19,20). The zero-order valence-corrected chi connectivity index (χ0v) is 13.8. The summed E-state index contributed by atoms with van der Waals surface area (Å²) in [7, 11) is 3.72. The van der Waals surface area contributed by atoms with Crippen LogP contribution in [-0.4, -0.2) is 29.0 Å². The van der Waals surface area contributed by atoms with E-state index in [1.807, 2.05) is 27.1 Å². The highest BCUT2D eigenvalue weighted by atomic mass is 16.5. The molecule has 2 aromatic rings. The number of nitrogens with two attached hydrogens (primary N) is 1. The second-order valence-corrected chi connectivity index (χ2v) is 5.79. The summed E-state index contributed by atoms with van der Waals surface area (Å²) in [5.74, 6) is 2.49. The van der Waals surface area contributed by atoms with E-state index in [4.69, 9.17) is 10.5 Å². The average Bonchev–Trinajstić information content (AvgIpc) is 2.44. The van der Waals surface area contributed by atoms with Crippen molar-refractivity contribution in [3.8, 4) is 5.75 Å². The molecule has 118 valence electrons. The van der Waals surface area contributed by atoms with Gasteiger partial charge in [0, 0.05) is 14.1 Å². The van der Waals surface area contributed by atoms with Crippen molar-refractivity contribution >= 4 is 11.9 Å². The highest BCUT2D eigenvalue weighted by Crippen LogP contribution is 2.28. The van der Waals surface area contributed by atoms with Gasteiger partial charge in [0.15, 0.2) is 5.82 Å². The van der Waals surface area contributed by atoms with Crippen LogP contribution < -0.4 is 15.4 Å². The Kier molecular flexibility index (Phi) is 4.80. The minimum Gasteiger partial charge on any atom is -0.485 e. The smallest absolute Gasteiger partial charge is 0.230 e. The molecule has 0 unspecified atom stereocenters. The Morgan fingerprint density at radius 1 is 1.18 bits per heavy atom. The molecule has 6 heteroatoms. The van der Waals surface area contributed by atoms with E-state index < -0.39 is 0 Å². The molecule has 0 aliphatic carbocycles. The highest BCUT2D eigenvalue weighted by molar-refractivity contribution is 5.39. The SMILES string of the molecule is Cc1ccc(C(C)C)c(OCc2nc(N)nc(N(C)C)n2)c1. The zero-order valence-electron chi connectivity index (χ0n) is 13.8. The van der Waals surface area contributed by atoms with Crippen LogP contribution in [0.2, 0.25) is 0 Å². The first-order valence-electron chi connectivity index (χ1n) is 7.28. The summed E-state index contributed by atoms with van der Waals surface area (Å²) in [6.45, 7) is 6.59. The topological polar surface area (TPSA) is 77.2 Å². The Labute approximate surface area is 131 Å². The number of benzene rings is 1. The number of anilines is 2. The lowest BCUT2D eigenvalue weighted by molar-refractivity contribution is 0.291. The number of nitrogens with zero attached hydrogens (tertiary/aromatic N) is 4. The summed E-state index contributed by atoms with van der Waals surface area (Å²) < 4.78 is 5.93. The van der Waals surface area contributed by atoms with Gasteiger partial charge in [-0.2, -0.15) is 15.0 Å². The molecule has 0 fully saturated rings. The Balaban J connectivity index is 2.22. The molecule has 1 aromatic carbocycles. The molecule has 1 aromatic heterocycles. The van der Waals surface area contributed by atoms with E-state index in [0.717, 1.165) is 11.3 Å². The minimum absolute atomic E-state index is 0.200. The fourth-order valence-electron chi connectivity index (χ4n) is 2.08. The van der Waals surface area contributed by atoms with Gasteiger partial charge in [-0.3, -0.25) is 0 Å². The first-order valence-corrected chi connectivity index (χ1v) is 7.28. The maximum atomic E-state index is 5.93. The second-order valence-electron chi connectivity index (χ2n) is 5.79. The molecular weight excluding hydrogens is 278 g/mol. The maximum absolute atomic E-state index is 5.93. The molecule has 0 amide bonds. The van der Waals surface area contributed by atoms with Crippen molar-refractivity contribution in [1.82, 2.24) is 15.0 Å². The lowest BCUT2D eigenvalue weighted by Gasteiger charge is -2.15. The molecule has 0 atom stereocenters. The number of hydrogen-bond donors (Lipinski definition) is 1. The van der Waals surface area contributed by atoms with Crippen LogP contribution in [0.25, 0.3) is 0 Å². The lowest BCUT2D eigenvalue weighted by Crippen LogP contribution is -2.17. The minimum atomic E-state index is 0.200. The molecule has 6 nitrogen and oxygen atoms in total. The molecule has 0 spiro atoms. The van der Waals surface area contributed by atoms with Crippen LogP contribution in [0.5, 0.6) is 5.75 Å². The predicted molar refractivity (Wildman–Crippen MR) is 88.2 cm³/mol. The van der Waals surface area contributed by atoms with Gasteiger partial charge in [0.1, 0.15) is 12.4 Å². The lowest BCUT2D eigenvalue weighted by atomic mass is 10.0. The summed E-state index contributed by atoms with van der Waals surface area (Å²) in [5.41, 5.74) is 8.05. The van der Waals surface area contributed by atoms with E-state index in [0.29, 0.717) is 17.7 Å². The van der Waals surface area contributed by atoms with Crippen LogP contribution in [0, 0.1) is 6.92 Å². The number of aryl methyl sites for hydroxylation is 1. The number of rotatable bonds is 5. The molecule has 0 saturated carbocycles. The Bertz CT molecular complexity index is 655. The van der Waals surface area contributed by atoms with Gasteiger partial charge in [0.2, 0.25) is 11.9 Å². The Morgan fingerprint density at radius 3 is 2.55 bits per heavy atom. The third kappa shape index (κ3) is 3.84. The molecular formula is C16H23N5O. The van der Waals surface area contributed by atoms with Crippen molar-refractivity contribution in [2.45, 2.75) is 33.3 Å². The summed E-state index contributed by atoms with van der Waals surface area (Å²) in [5, 5.41) is 0. The van der Waals surface area contributed by atoms with Crippen LogP contribution >= 0.6 is 0 Å².